The molecule has 0 bridgehead atoms. The fourth-order valence-electron chi connectivity index (χ4n) is 6.24. The number of nitrogens with zero attached hydrogens (tertiary/aromatic N) is 7. The standard InChI is InChI=1S/C29H37FN8O3/c1-4-38(19(2)3)27(39)22-14-21(30)5-6-24(22)41-26-25(33-18-34-35-26)37-16-29(17-37)8-11-36(12-9-29)28(40)23-13-20(7-10-31)15-32-23/h5-6,14,18-20,23,32H,4,7-9,11-13,15-17H2,1-3H3/t20?,23-/m0/s1. The molecule has 41 heavy (non-hydrogen) atoms. The van der Waals surface area contributed by atoms with Crippen LogP contribution in [0.1, 0.15) is 56.8 Å². The van der Waals surface area contributed by atoms with Crippen LogP contribution in [-0.2, 0) is 4.79 Å². The average molecular weight is 565 g/mol. The highest BCUT2D eigenvalue weighted by Gasteiger charge is 2.47. The summed E-state index contributed by atoms with van der Waals surface area (Å²) in [4.78, 5) is 36.4. The Labute approximate surface area is 239 Å². The Morgan fingerprint density at radius 2 is 2.05 bits per heavy atom. The van der Waals surface area contributed by atoms with Crippen LogP contribution in [0.3, 0.4) is 0 Å². The van der Waals surface area contributed by atoms with Gasteiger partial charge in [0, 0.05) is 50.6 Å². The van der Waals surface area contributed by atoms with E-state index in [4.69, 9.17) is 10.00 Å². The normalized spacial score (nSPS) is 21.5. The lowest BCUT2D eigenvalue weighted by molar-refractivity contribution is -0.135. The minimum absolute atomic E-state index is 0.0637. The van der Waals surface area contributed by atoms with Gasteiger partial charge in [-0.05, 0) is 70.7 Å². The van der Waals surface area contributed by atoms with Crippen LogP contribution in [-0.4, -0.2) is 88.1 Å². The molecule has 3 aliphatic rings. The van der Waals surface area contributed by atoms with Crippen molar-refractivity contribution >= 4 is 17.6 Å². The van der Waals surface area contributed by atoms with E-state index in [1.165, 1.54) is 24.5 Å². The number of aromatic nitrogens is 3. The number of carbonyl (C=O) groups excluding carboxylic acids is 2. The molecule has 0 saturated carbocycles. The molecule has 3 saturated heterocycles. The fraction of sp³-hybridized carbons (Fsp3) is 0.586. The largest absolute Gasteiger partial charge is 0.434 e. The van der Waals surface area contributed by atoms with E-state index in [1.54, 1.807) is 4.90 Å². The van der Waals surface area contributed by atoms with E-state index < -0.39 is 5.82 Å². The molecule has 11 nitrogen and oxygen atoms in total. The molecule has 1 aromatic carbocycles. The van der Waals surface area contributed by atoms with Crippen molar-refractivity contribution in [2.24, 2.45) is 11.3 Å². The Kier molecular flexibility index (Phi) is 8.35. The average Bonchev–Trinajstić information content (AvgIpc) is 3.42. The molecule has 2 amide bonds. The molecule has 2 atom stereocenters. The second kappa shape index (κ2) is 11.9. The van der Waals surface area contributed by atoms with Crippen molar-refractivity contribution in [3.05, 3.63) is 35.9 Å². The smallest absolute Gasteiger partial charge is 0.282 e. The summed E-state index contributed by atoms with van der Waals surface area (Å²) in [6.45, 7) is 9.75. The number of halogens is 1. The van der Waals surface area contributed by atoms with Crippen molar-refractivity contribution in [2.75, 3.05) is 44.2 Å². The first kappa shape index (κ1) is 28.7. The maximum Gasteiger partial charge on any atom is 0.282 e. The van der Waals surface area contributed by atoms with Gasteiger partial charge in [0.25, 0.3) is 11.8 Å². The molecular weight excluding hydrogens is 527 g/mol. The van der Waals surface area contributed by atoms with Crippen LogP contribution in [0.2, 0.25) is 0 Å². The quantitative estimate of drug-likeness (QED) is 0.515. The van der Waals surface area contributed by atoms with Crippen LogP contribution in [0, 0.1) is 28.5 Å². The van der Waals surface area contributed by atoms with E-state index in [1.807, 2.05) is 25.7 Å². The number of piperidine rings is 1. The molecule has 0 aliphatic carbocycles. The molecule has 2 aromatic rings. The highest BCUT2D eigenvalue weighted by atomic mass is 19.1. The predicted molar refractivity (Wildman–Crippen MR) is 149 cm³/mol. The van der Waals surface area contributed by atoms with Crippen molar-refractivity contribution in [1.29, 1.82) is 5.26 Å². The van der Waals surface area contributed by atoms with Gasteiger partial charge in [0.1, 0.15) is 17.9 Å². The van der Waals surface area contributed by atoms with Crippen LogP contribution < -0.4 is 15.0 Å². The molecule has 0 radical (unpaired) electrons. The lowest BCUT2D eigenvalue weighted by atomic mass is 9.72. The summed E-state index contributed by atoms with van der Waals surface area (Å²) in [7, 11) is 0. The molecule has 5 rings (SSSR count). The molecule has 3 fully saturated rings. The van der Waals surface area contributed by atoms with E-state index in [-0.39, 0.29) is 52.4 Å². The summed E-state index contributed by atoms with van der Waals surface area (Å²) in [6, 6.07) is 5.82. The van der Waals surface area contributed by atoms with Crippen molar-refractivity contribution in [1.82, 2.24) is 30.3 Å². The zero-order valence-corrected chi connectivity index (χ0v) is 23.8. The molecule has 3 aliphatic heterocycles. The molecule has 1 spiro atoms. The summed E-state index contributed by atoms with van der Waals surface area (Å²) >= 11 is 0. The van der Waals surface area contributed by atoms with Crippen molar-refractivity contribution in [3.8, 4) is 17.7 Å². The van der Waals surface area contributed by atoms with Gasteiger partial charge in [0.15, 0.2) is 5.82 Å². The van der Waals surface area contributed by atoms with E-state index in [0.29, 0.717) is 31.9 Å². The van der Waals surface area contributed by atoms with Crippen LogP contribution in [0.25, 0.3) is 0 Å². The molecule has 1 aromatic heterocycles. The number of hydrogen-bond acceptors (Lipinski definition) is 9. The number of hydrogen-bond donors (Lipinski definition) is 1. The molecular formula is C29H37FN8O3. The third-order valence-electron chi connectivity index (χ3n) is 8.56. The second-order valence-corrected chi connectivity index (χ2v) is 11.6. The van der Waals surface area contributed by atoms with Gasteiger partial charge in [-0.25, -0.2) is 9.37 Å². The number of carbonyl (C=O) groups is 2. The first-order valence-corrected chi connectivity index (χ1v) is 14.3. The number of rotatable bonds is 8. The van der Waals surface area contributed by atoms with Crippen LogP contribution in [0.15, 0.2) is 24.5 Å². The number of anilines is 1. The van der Waals surface area contributed by atoms with Crippen LogP contribution in [0.4, 0.5) is 10.2 Å². The summed E-state index contributed by atoms with van der Waals surface area (Å²) in [6.07, 6.45) is 4.33. The van der Waals surface area contributed by atoms with Gasteiger partial charge in [-0.1, -0.05) is 0 Å². The minimum Gasteiger partial charge on any atom is -0.434 e. The Morgan fingerprint density at radius 1 is 1.29 bits per heavy atom. The lowest BCUT2D eigenvalue weighted by Gasteiger charge is -2.54. The van der Waals surface area contributed by atoms with Crippen LogP contribution >= 0.6 is 0 Å². The molecule has 1 unspecified atom stereocenters. The number of likely N-dealkylation sites (tertiary alicyclic amines) is 1. The highest BCUT2D eigenvalue weighted by Crippen LogP contribution is 2.44. The number of nitriles is 1. The van der Waals surface area contributed by atoms with E-state index >= 15 is 0 Å². The maximum atomic E-state index is 14.2. The summed E-state index contributed by atoms with van der Waals surface area (Å²) in [5.41, 5.74) is 0.186. The van der Waals surface area contributed by atoms with Crippen LogP contribution in [0.5, 0.6) is 11.6 Å². The number of amides is 2. The molecule has 4 heterocycles. The van der Waals surface area contributed by atoms with Crippen molar-refractivity contribution in [2.45, 2.75) is 58.5 Å². The van der Waals surface area contributed by atoms with Gasteiger partial charge in [-0.3, -0.25) is 9.59 Å². The van der Waals surface area contributed by atoms with Crippen molar-refractivity contribution < 1.29 is 18.7 Å². The Bertz CT molecular complexity index is 1320. The van der Waals surface area contributed by atoms with Gasteiger partial charge >= 0.3 is 0 Å². The summed E-state index contributed by atoms with van der Waals surface area (Å²) < 4.78 is 20.3. The third-order valence-corrected chi connectivity index (χ3v) is 8.56. The summed E-state index contributed by atoms with van der Waals surface area (Å²) in [5.74, 6) is 0.387. The Morgan fingerprint density at radius 3 is 2.73 bits per heavy atom. The second-order valence-electron chi connectivity index (χ2n) is 11.6. The topological polar surface area (TPSA) is 128 Å². The Hall–Kier alpha value is -3.85. The van der Waals surface area contributed by atoms with Gasteiger partial charge < -0.3 is 24.8 Å². The predicted octanol–water partition coefficient (Wildman–Crippen LogP) is 2.99. The van der Waals surface area contributed by atoms with E-state index in [9.17, 15) is 14.0 Å². The van der Waals surface area contributed by atoms with E-state index in [2.05, 4.69) is 31.5 Å². The number of ether oxygens (including phenoxy) is 1. The molecule has 218 valence electrons. The first-order valence-electron chi connectivity index (χ1n) is 14.3. The monoisotopic (exact) mass is 564 g/mol. The molecule has 12 heteroatoms. The molecule has 1 N–H and O–H groups in total. The summed E-state index contributed by atoms with van der Waals surface area (Å²) in [5, 5.41) is 20.3. The lowest BCUT2D eigenvalue weighted by Crippen LogP contribution is -2.62. The van der Waals surface area contributed by atoms with Gasteiger partial charge in [-0.15, -0.1) is 10.2 Å². The fourth-order valence-corrected chi connectivity index (χ4v) is 6.24. The van der Waals surface area contributed by atoms with Crippen molar-refractivity contribution in [3.63, 3.8) is 0 Å². The Balaban J connectivity index is 1.23. The van der Waals surface area contributed by atoms with Gasteiger partial charge in [0.2, 0.25) is 5.91 Å². The van der Waals surface area contributed by atoms with E-state index in [0.717, 1.165) is 38.9 Å². The zero-order chi connectivity index (χ0) is 29.1. The number of benzene rings is 1. The maximum absolute atomic E-state index is 14.2. The van der Waals surface area contributed by atoms with Gasteiger partial charge in [-0.2, -0.15) is 5.26 Å². The minimum atomic E-state index is -0.529. The van der Waals surface area contributed by atoms with Gasteiger partial charge in [0.05, 0.1) is 17.7 Å². The SMILES string of the molecule is CCN(C(=O)c1cc(F)ccc1Oc1nncnc1N1CC2(CCN(C(=O)[C@@H]3CC(CC#N)CN3)CC2)C1)C(C)C. The zero-order valence-electron chi connectivity index (χ0n) is 23.8. The number of nitrogens with one attached hydrogen (secondary N) is 1. The highest BCUT2D eigenvalue weighted by molar-refractivity contribution is 5.97. The third kappa shape index (κ3) is 5.95. The first-order chi connectivity index (χ1) is 19.7.